The van der Waals surface area contributed by atoms with E-state index in [2.05, 4.69) is 38.2 Å². The van der Waals surface area contributed by atoms with E-state index < -0.39 is 18.2 Å². The van der Waals surface area contributed by atoms with E-state index in [1.165, 1.54) is 116 Å². The fourth-order valence-electron chi connectivity index (χ4n) is 6.08. The van der Waals surface area contributed by atoms with Crippen LogP contribution in [0.5, 0.6) is 0 Å². The second-order valence-corrected chi connectivity index (χ2v) is 14.5. The van der Waals surface area contributed by atoms with Crippen LogP contribution in [0.2, 0.25) is 0 Å². The third-order valence-electron chi connectivity index (χ3n) is 9.11. The quantitative estimate of drug-likeness (QED) is 0.0370. The van der Waals surface area contributed by atoms with E-state index in [9.17, 15) is 14.4 Å². The lowest BCUT2D eigenvalue weighted by Gasteiger charge is -2.27. The van der Waals surface area contributed by atoms with Crippen LogP contribution in [0.3, 0.4) is 0 Å². The topological polar surface area (TPSA) is 72.9 Å². The molecule has 0 fully saturated rings. The molecule has 0 aromatic heterocycles. The average Bonchev–Trinajstić information content (AvgIpc) is 3.06. The van der Waals surface area contributed by atoms with Crippen LogP contribution in [0, 0.1) is 0 Å². The van der Waals surface area contributed by atoms with Crippen LogP contribution in [-0.4, -0.2) is 55.5 Å². The molecule has 6 heteroatoms. The Hall–Kier alpha value is -1.95. The second kappa shape index (κ2) is 35.9. The molecule has 49 heavy (non-hydrogen) atoms. The highest BCUT2D eigenvalue weighted by Gasteiger charge is 2.33. The van der Waals surface area contributed by atoms with Gasteiger partial charge in [-0.2, -0.15) is 0 Å². The summed E-state index contributed by atoms with van der Waals surface area (Å²) >= 11 is 0. The van der Waals surface area contributed by atoms with Crippen LogP contribution in [0.15, 0.2) is 24.3 Å². The number of rotatable bonds is 36. The Morgan fingerprint density at radius 2 is 0.816 bits per heavy atom. The first-order valence-electron chi connectivity index (χ1n) is 20.7. The monoisotopic (exact) mass is 690 g/mol. The van der Waals surface area contributed by atoms with Gasteiger partial charge in [0.05, 0.1) is 0 Å². The summed E-state index contributed by atoms with van der Waals surface area (Å²) in [6, 6.07) is 0. The number of allylic oxidation sites excluding steroid dienone is 4. The molecule has 0 heterocycles. The van der Waals surface area contributed by atoms with Crippen molar-refractivity contribution in [2.24, 2.45) is 0 Å². The Morgan fingerprint density at radius 1 is 0.490 bits per heavy atom. The number of unbranched alkanes of at least 4 members (excludes halogenated alkanes) is 22. The Bertz CT molecular complexity index is 836. The maximum absolute atomic E-state index is 12.7. The normalized spacial score (nSPS) is 13.0. The molecule has 0 aromatic carbocycles. The van der Waals surface area contributed by atoms with E-state index in [0.717, 1.165) is 57.8 Å². The molecule has 0 aliphatic carbocycles. The van der Waals surface area contributed by atoms with Crippen molar-refractivity contribution in [3.05, 3.63) is 24.3 Å². The lowest BCUT2D eigenvalue weighted by molar-refractivity contribution is -0.172. The number of nitrogens with zero attached hydrogens (tertiary/aromatic N) is 1. The summed E-state index contributed by atoms with van der Waals surface area (Å²) < 4.78 is 11.4. The van der Waals surface area contributed by atoms with Gasteiger partial charge in [-0.05, 0) is 85.2 Å². The molecule has 0 aliphatic rings. The lowest BCUT2D eigenvalue weighted by atomic mass is 10.1. The van der Waals surface area contributed by atoms with E-state index in [4.69, 9.17) is 9.47 Å². The molecule has 0 radical (unpaired) electrons. The van der Waals surface area contributed by atoms with Crippen molar-refractivity contribution < 1.29 is 23.9 Å². The summed E-state index contributed by atoms with van der Waals surface area (Å²) in [5, 5.41) is 0. The molecule has 0 bridgehead atoms. The highest BCUT2D eigenvalue weighted by molar-refractivity contribution is 5.84. The highest BCUT2D eigenvalue weighted by atomic mass is 16.6. The number of ketones is 1. The molecule has 0 saturated heterocycles. The molecule has 2 unspecified atom stereocenters. The number of hydrogen-bond acceptors (Lipinski definition) is 6. The molecule has 0 aliphatic heterocycles. The van der Waals surface area contributed by atoms with Gasteiger partial charge in [0.2, 0.25) is 0 Å². The molecule has 6 nitrogen and oxygen atoms in total. The first kappa shape index (κ1) is 47.0. The van der Waals surface area contributed by atoms with Crippen LogP contribution in [0.1, 0.15) is 201 Å². The van der Waals surface area contributed by atoms with Crippen molar-refractivity contribution >= 4 is 17.7 Å². The first-order valence-corrected chi connectivity index (χ1v) is 20.7. The van der Waals surface area contributed by atoms with Crippen LogP contribution in [0.25, 0.3) is 0 Å². The average molecular weight is 690 g/mol. The number of Topliss-reactive ketones (excluding diaryl/α,β-unsaturated/α-hetero) is 1. The van der Waals surface area contributed by atoms with E-state index in [1.807, 2.05) is 19.0 Å². The number of esters is 2. The number of likely N-dealkylation sites (N-methyl/N-ethyl adjacent to an activating group) is 1. The molecule has 2 atom stereocenters. The summed E-state index contributed by atoms with van der Waals surface area (Å²) in [6.45, 7) is 6.24. The molecular weight excluding hydrogens is 610 g/mol. The van der Waals surface area contributed by atoms with Crippen molar-refractivity contribution in [2.45, 2.75) is 213 Å². The third-order valence-corrected chi connectivity index (χ3v) is 9.11. The SMILES string of the molecule is CCCCCCCC/C=C\CCCCCCCC(=O)OC(CN(C)C)C(OC(=O)CCCCCCC/C=C\CCCCCCCC)C(C)=O. The van der Waals surface area contributed by atoms with Crippen LogP contribution in [0.4, 0.5) is 0 Å². The van der Waals surface area contributed by atoms with Crippen molar-refractivity contribution in [3.8, 4) is 0 Å². The van der Waals surface area contributed by atoms with Crippen LogP contribution < -0.4 is 0 Å². The predicted molar refractivity (Wildman–Crippen MR) is 208 cm³/mol. The molecule has 286 valence electrons. The van der Waals surface area contributed by atoms with E-state index in [-0.39, 0.29) is 18.2 Å². The van der Waals surface area contributed by atoms with Gasteiger partial charge in [0.1, 0.15) is 0 Å². The predicted octanol–water partition coefficient (Wildman–Crippen LogP) is 12.0. The summed E-state index contributed by atoms with van der Waals surface area (Å²) in [7, 11) is 3.71. The van der Waals surface area contributed by atoms with Gasteiger partial charge in [0.15, 0.2) is 18.0 Å². The van der Waals surface area contributed by atoms with Gasteiger partial charge in [-0.3, -0.25) is 14.4 Å². The van der Waals surface area contributed by atoms with E-state index >= 15 is 0 Å². The first-order chi connectivity index (χ1) is 23.8. The molecule has 0 spiro atoms. The highest BCUT2D eigenvalue weighted by Crippen LogP contribution is 2.15. The summed E-state index contributed by atoms with van der Waals surface area (Å²) in [4.78, 5) is 39.7. The number of carbonyl (C=O) groups excluding carboxylic acids is 3. The minimum Gasteiger partial charge on any atom is -0.457 e. The lowest BCUT2D eigenvalue weighted by Crippen LogP contribution is -2.45. The Morgan fingerprint density at radius 3 is 1.16 bits per heavy atom. The minimum absolute atomic E-state index is 0.277. The standard InChI is InChI=1S/C43H79NO5/c1-6-8-10-12-14-16-18-20-22-24-26-28-30-32-34-36-41(46)48-40(38-44(4)5)43(39(3)45)49-42(47)37-35-33-31-29-27-25-23-21-19-17-15-13-11-9-7-2/h20-23,40,43H,6-19,24-38H2,1-5H3/b22-20-,23-21-. The zero-order valence-corrected chi connectivity index (χ0v) is 33.0. The largest absolute Gasteiger partial charge is 0.457 e. The van der Waals surface area contributed by atoms with Crippen molar-refractivity contribution in [1.29, 1.82) is 0 Å². The molecule has 0 aromatic rings. The summed E-state index contributed by atoms with van der Waals surface area (Å²) in [6.07, 6.45) is 39.1. The van der Waals surface area contributed by atoms with Crippen molar-refractivity contribution in [1.82, 2.24) is 4.90 Å². The summed E-state index contributed by atoms with van der Waals surface area (Å²) in [5.74, 6) is -1.02. The van der Waals surface area contributed by atoms with Crippen molar-refractivity contribution in [3.63, 3.8) is 0 Å². The fourth-order valence-corrected chi connectivity index (χ4v) is 6.08. The molecule has 0 saturated carbocycles. The molecular formula is C43H79NO5. The minimum atomic E-state index is -1.07. The van der Waals surface area contributed by atoms with Gasteiger partial charge in [-0.1, -0.05) is 141 Å². The smallest absolute Gasteiger partial charge is 0.306 e. The maximum Gasteiger partial charge on any atom is 0.306 e. The van der Waals surface area contributed by atoms with Gasteiger partial charge in [-0.15, -0.1) is 0 Å². The molecule has 0 rings (SSSR count). The van der Waals surface area contributed by atoms with Gasteiger partial charge >= 0.3 is 11.9 Å². The maximum atomic E-state index is 12.7. The van der Waals surface area contributed by atoms with Gasteiger partial charge < -0.3 is 14.4 Å². The Labute approximate surface area is 303 Å². The number of ether oxygens (including phenoxy) is 2. The number of hydrogen-bond donors (Lipinski definition) is 0. The van der Waals surface area contributed by atoms with Crippen LogP contribution in [-0.2, 0) is 23.9 Å². The van der Waals surface area contributed by atoms with Gasteiger partial charge in [0, 0.05) is 19.4 Å². The molecule has 0 N–H and O–H groups in total. The second-order valence-electron chi connectivity index (χ2n) is 14.5. The van der Waals surface area contributed by atoms with E-state index in [0.29, 0.717) is 13.0 Å². The molecule has 0 amide bonds. The zero-order valence-electron chi connectivity index (χ0n) is 33.0. The van der Waals surface area contributed by atoms with Gasteiger partial charge in [0.25, 0.3) is 0 Å². The Kier molecular flexibility index (Phi) is 34.4. The Balaban J connectivity index is 4.17. The summed E-state index contributed by atoms with van der Waals surface area (Å²) in [5.41, 5.74) is 0. The van der Waals surface area contributed by atoms with Gasteiger partial charge in [-0.25, -0.2) is 0 Å². The van der Waals surface area contributed by atoms with Crippen LogP contribution >= 0.6 is 0 Å². The van der Waals surface area contributed by atoms with E-state index in [1.54, 1.807) is 0 Å². The zero-order chi connectivity index (χ0) is 36.2. The fraction of sp³-hybridized carbons (Fsp3) is 0.837. The number of carbonyl (C=O) groups is 3. The van der Waals surface area contributed by atoms with Crippen molar-refractivity contribution in [2.75, 3.05) is 20.6 Å². The third kappa shape index (κ3) is 33.0.